The van der Waals surface area contributed by atoms with E-state index in [0.717, 1.165) is 12.1 Å². The van der Waals surface area contributed by atoms with Gasteiger partial charge < -0.3 is 10.5 Å². The first-order valence-corrected chi connectivity index (χ1v) is 11.3. The number of sulfone groups is 1. The lowest BCUT2D eigenvalue weighted by molar-refractivity contribution is 0.266. The number of hydrogen-bond donors (Lipinski definition) is 1. The van der Waals surface area contributed by atoms with Crippen molar-refractivity contribution in [2.24, 2.45) is 10.7 Å². The van der Waals surface area contributed by atoms with E-state index >= 15 is 0 Å². The Bertz CT molecular complexity index is 1200. The average Bonchev–Trinajstić information content (AvgIpc) is 3.09. The fraction of sp³-hybridized carbons (Fsp3) is 0.318. The van der Waals surface area contributed by atoms with Gasteiger partial charge in [0, 0.05) is 12.6 Å². The van der Waals surface area contributed by atoms with Crippen LogP contribution in [0.25, 0.3) is 11.9 Å². The summed E-state index contributed by atoms with van der Waals surface area (Å²) >= 11 is 0. The predicted molar refractivity (Wildman–Crippen MR) is 119 cm³/mol. The van der Waals surface area contributed by atoms with E-state index in [0.29, 0.717) is 0 Å². The summed E-state index contributed by atoms with van der Waals surface area (Å²) in [7, 11) is -2.38. The molecule has 3 rings (SSSR count). The van der Waals surface area contributed by atoms with Gasteiger partial charge in [0.05, 0.1) is 17.6 Å². The van der Waals surface area contributed by atoms with Gasteiger partial charge in [-0.15, -0.1) is 6.42 Å². The molecule has 1 fully saturated rings. The fourth-order valence-corrected chi connectivity index (χ4v) is 5.76. The van der Waals surface area contributed by atoms with Crippen LogP contribution >= 0.6 is 0 Å². The molecule has 3 unspecified atom stereocenters. The molecule has 0 saturated carbocycles. The van der Waals surface area contributed by atoms with E-state index in [9.17, 15) is 17.2 Å². The van der Waals surface area contributed by atoms with Crippen molar-refractivity contribution in [3.05, 3.63) is 53.2 Å². The molecule has 10 heteroatoms. The van der Waals surface area contributed by atoms with Crippen LogP contribution in [-0.2, 0) is 9.84 Å². The molecule has 0 aliphatic carbocycles. The maximum atomic E-state index is 14.7. The van der Waals surface area contributed by atoms with Crippen LogP contribution in [0.4, 0.5) is 8.78 Å². The molecule has 168 valence electrons. The van der Waals surface area contributed by atoms with Crippen molar-refractivity contribution in [1.29, 1.82) is 0 Å². The van der Waals surface area contributed by atoms with Crippen molar-refractivity contribution in [2.75, 3.05) is 7.05 Å². The van der Waals surface area contributed by atoms with E-state index in [1.54, 1.807) is 6.92 Å². The number of halogens is 2. The van der Waals surface area contributed by atoms with Gasteiger partial charge in [-0.2, -0.15) is 0 Å². The van der Waals surface area contributed by atoms with E-state index in [1.165, 1.54) is 31.6 Å². The number of aliphatic imine (C=N–C) groups is 1. The number of benzene rings is 1. The molecule has 0 radical (unpaired) electrons. The molecule has 2 N–H and O–H groups in total. The van der Waals surface area contributed by atoms with Crippen molar-refractivity contribution < 1.29 is 21.9 Å². The number of nitrogens with zero attached hydrogens (tertiary/aromatic N) is 3. The van der Waals surface area contributed by atoms with Gasteiger partial charge in [0.1, 0.15) is 22.6 Å². The molecule has 1 aromatic carbocycles. The molecule has 1 aromatic heterocycles. The Balaban J connectivity index is 1.88. The molecular weight excluding hydrogens is 438 g/mol. The van der Waals surface area contributed by atoms with E-state index in [2.05, 4.69) is 20.9 Å². The molecule has 2 aromatic rings. The Kier molecular flexibility index (Phi) is 6.89. The second kappa shape index (κ2) is 9.44. The van der Waals surface area contributed by atoms with E-state index in [-0.39, 0.29) is 41.4 Å². The summed E-state index contributed by atoms with van der Waals surface area (Å²) in [5.41, 5.74) is 5.90. The van der Waals surface area contributed by atoms with Gasteiger partial charge in [-0.05, 0) is 43.5 Å². The first-order chi connectivity index (χ1) is 15.2. The molecule has 7 nitrogen and oxygen atoms in total. The zero-order valence-electron chi connectivity index (χ0n) is 17.5. The minimum atomic E-state index is -3.79. The average molecular weight is 461 g/mol. The van der Waals surface area contributed by atoms with Crippen molar-refractivity contribution in [3.8, 4) is 18.2 Å². The molecule has 0 bridgehead atoms. The summed E-state index contributed by atoms with van der Waals surface area (Å²) in [5.74, 6) is 1.09. The smallest absolute Gasteiger partial charge is 0.233 e. The Hall–Kier alpha value is -3.32. The van der Waals surface area contributed by atoms with E-state index in [4.69, 9.17) is 16.9 Å². The zero-order chi connectivity index (χ0) is 23.5. The Labute approximate surface area is 185 Å². The highest BCUT2D eigenvalue weighted by atomic mass is 32.2. The van der Waals surface area contributed by atoms with Gasteiger partial charge in [0.15, 0.2) is 21.8 Å². The van der Waals surface area contributed by atoms with Gasteiger partial charge in [0.2, 0.25) is 5.88 Å². The van der Waals surface area contributed by atoms with E-state index < -0.39 is 38.1 Å². The molecular formula is C22H22F2N4O3S. The highest BCUT2D eigenvalue weighted by Gasteiger charge is 2.44. The highest BCUT2D eigenvalue weighted by molar-refractivity contribution is 7.93. The minimum absolute atomic E-state index is 0.00218. The Morgan fingerprint density at radius 1 is 1.38 bits per heavy atom. The quantitative estimate of drug-likeness (QED) is 0.403. The van der Waals surface area contributed by atoms with Crippen LogP contribution in [0.3, 0.4) is 0 Å². The highest BCUT2D eigenvalue weighted by Crippen LogP contribution is 2.40. The predicted octanol–water partition coefficient (Wildman–Crippen LogP) is 3.09. The third-order valence-corrected chi connectivity index (χ3v) is 7.69. The molecule has 1 saturated heterocycles. The number of ether oxygens (including phenoxy) is 1. The topological polar surface area (TPSA) is 108 Å². The molecule has 32 heavy (non-hydrogen) atoms. The van der Waals surface area contributed by atoms with Gasteiger partial charge in [-0.1, -0.05) is 12.0 Å². The van der Waals surface area contributed by atoms with Crippen LogP contribution in [0.1, 0.15) is 41.8 Å². The van der Waals surface area contributed by atoms with Crippen molar-refractivity contribution in [1.82, 2.24) is 9.97 Å². The molecule has 3 atom stereocenters. The summed E-state index contributed by atoms with van der Waals surface area (Å²) in [4.78, 5) is 11.7. The number of amidine groups is 1. The van der Waals surface area contributed by atoms with Crippen molar-refractivity contribution >= 4 is 27.6 Å². The molecule has 1 aliphatic heterocycles. The van der Waals surface area contributed by atoms with Gasteiger partial charge in [0.25, 0.3) is 0 Å². The number of hydrogen-bond acceptors (Lipinski definition) is 6. The standard InChI is InChI=1S/C22H22F2N4O3S/c1-4-13(2)31-21-12-27-18(11-28-21)17(24)10-14-5-6-16(23)15(9-14)19-7-8-20(22(25)26-3)32(19,29)30/h1,5-6,9-13,19-20H,7-8H2,2-3H3,(H2,25,26)/b17-10-. The van der Waals surface area contributed by atoms with Gasteiger partial charge in [-0.3, -0.25) is 4.99 Å². The first kappa shape index (κ1) is 23.3. The number of rotatable bonds is 6. The van der Waals surface area contributed by atoms with E-state index in [1.807, 2.05) is 0 Å². The van der Waals surface area contributed by atoms with Crippen molar-refractivity contribution in [3.63, 3.8) is 0 Å². The third-order valence-electron chi connectivity index (χ3n) is 5.14. The zero-order valence-corrected chi connectivity index (χ0v) is 18.3. The first-order valence-electron chi connectivity index (χ1n) is 9.74. The van der Waals surface area contributed by atoms with Crippen LogP contribution in [0.5, 0.6) is 5.88 Å². The summed E-state index contributed by atoms with van der Waals surface area (Å²) in [6.07, 6.45) is 8.68. The lowest BCUT2D eigenvalue weighted by Gasteiger charge is -2.15. The maximum absolute atomic E-state index is 14.7. The van der Waals surface area contributed by atoms with Crippen LogP contribution < -0.4 is 10.5 Å². The molecule has 0 spiro atoms. The minimum Gasteiger partial charge on any atom is -0.460 e. The molecule has 1 aliphatic rings. The largest absolute Gasteiger partial charge is 0.460 e. The number of aromatic nitrogens is 2. The second-order valence-electron chi connectivity index (χ2n) is 7.23. The van der Waals surface area contributed by atoms with Crippen LogP contribution in [0, 0.1) is 18.2 Å². The lowest BCUT2D eigenvalue weighted by atomic mass is 10.0. The summed E-state index contributed by atoms with van der Waals surface area (Å²) < 4.78 is 60.3. The Morgan fingerprint density at radius 3 is 2.75 bits per heavy atom. The Morgan fingerprint density at radius 2 is 2.12 bits per heavy atom. The monoisotopic (exact) mass is 460 g/mol. The van der Waals surface area contributed by atoms with Crippen LogP contribution in [0.15, 0.2) is 35.6 Å². The molecule has 2 heterocycles. The third kappa shape index (κ3) is 4.78. The molecule has 0 amide bonds. The van der Waals surface area contributed by atoms with Gasteiger partial charge >= 0.3 is 0 Å². The van der Waals surface area contributed by atoms with Crippen LogP contribution in [0.2, 0.25) is 0 Å². The normalized spacial score (nSPS) is 21.7. The summed E-state index contributed by atoms with van der Waals surface area (Å²) in [6, 6.07) is 3.77. The summed E-state index contributed by atoms with van der Waals surface area (Å²) in [6.45, 7) is 1.65. The number of nitrogens with two attached hydrogens (primary N) is 1. The fourth-order valence-electron chi connectivity index (χ4n) is 3.46. The summed E-state index contributed by atoms with van der Waals surface area (Å²) in [5, 5.41) is -2.04. The lowest BCUT2D eigenvalue weighted by Crippen LogP contribution is -2.33. The van der Waals surface area contributed by atoms with Crippen molar-refractivity contribution in [2.45, 2.75) is 36.4 Å². The van der Waals surface area contributed by atoms with Crippen LogP contribution in [-0.4, -0.2) is 42.6 Å². The second-order valence-corrected chi connectivity index (χ2v) is 9.55. The van der Waals surface area contributed by atoms with Gasteiger partial charge in [-0.25, -0.2) is 27.2 Å². The maximum Gasteiger partial charge on any atom is 0.233 e. The number of terminal acetylenes is 1. The SMILES string of the molecule is C#CC(C)Oc1cnc(/C(F)=C/c2ccc(F)c(C3CCC(C(N)=NC)S3(=O)=O)c2)cn1.